The van der Waals surface area contributed by atoms with Gasteiger partial charge < -0.3 is 5.32 Å². The molecule has 0 aliphatic carbocycles. The number of hydrogen-bond acceptors (Lipinski definition) is 4. The molecule has 3 rings (SSSR count). The van der Waals surface area contributed by atoms with Crippen molar-refractivity contribution >= 4 is 22.0 Å². The maximum Gasteiger partial charge on any atom is 0.322 e. The highest BCUT2D eigenvalue weighted by Gasteiger charge is 2.49. The highest BCUT2D eigenvalue weighted by Crippen LogP contribution is 2.29. The van der Waals surface area contributed by atoms with Crippen LogP contribution in [0.5, 0.6) is 0 Å². The summed E-state index contributed by atoms with van der Waals surface area (Å²) in [5.41, 5.74) is -1.04. The molecule has 2 aliphatic rings. The van der Waals surface area contributed by atoms with Gasteiger partial charge in [0.15, 0.2) is 0 Å². The van der Waals surface area contributed by atoms with Gasteiger partial charge in [0.25, 0.3) is 5.91 Å². The number of carbonyl (C=O) groups is 2. The number of imide groups is 1. The van der Waals surface area contributed by atoms with Gasteiger partial charge in [0.05, 0.1) is 4.90 Å². The summed E-state index contributed by atoms with van der Waals surface area (Å²) < 4.78 is 39.3. The number of benzene rings is 1. The molecule has 3 amide bonds. The Bertz CT molecular complexity index is 741. The minimum Gasteiger partial charge on any atom is -0.323 e. The van der Waals surface area contributed by atoms with Gasteiger partial charge in [0, 0.05) is 13.1 Å². The molecule has 0 bridgehead atoms. The number of piperidine rings is 1. The standard InChI is InChI=1S/C13H14FN3O4S/c14-9-2-1-3-10(8-9)22(20,21)17-6-4-13(5-7-17)11(18)15-12(19)16-13/h1-3,8H,4-7H2,(H2,15,16,18,19). The Morgan fingerprint density at radius 2 is 1.86 bits per heavy atom. The molecule has 2 saturated heterocycles. The van der Waals surface area contributed by atoms with Crippen molar-refractivity contribution in [3.8, 4) is 0 Å². The van der Waals surface area contributed by atoms with Crippen molar-refractivity contribution in [3.05, 3.63) is 30.1 Å². The van der Waals surface area contributed by atoms with Crippen LogP contribution in [0.1, 0.15) is 12.8 Å². The number of halogens is 1. The number of nitrogens with zero attached hydrogens (tertiary/aromatic N) is 1. The molecule has 2 heterocycles. The summed E-state index contributed by atoms with van der Waals surface area (Å²) in [4.78, 5) is 22.9. The molecule has 0 saturated carbocycles. The van der Waals surface area contributed by atoms with Gasteiger partial charge in [-0.3, -0.25) is 10.1 Å². The molecule has 0 aromatic heterocycles. The van der Waals surface area contributed by atoms with Crippen molar-refractivity contribution < 1.29 is 22.4 Å². The summed E-state index contributed by atoms with van der Waals surface area (Å²) in [6, 6.07) is 4.23. The number of amides is 3. The fraction of sp³-hybridized carbons (Fsp3) is 0.385. The Morgan fingerprint density at radius 3 is 2.41 bits per heavy atom. The largest absolute Gasteiger partial charge is 0.323 e. The van der Waals surface area contributed by atoms with Crippen molar-refractivity contribution in [1.82, 2.24) is 14.9 Å². The van der Waals surface area contributed by atoms with E-state index in [9.17, 15) is 22.4 Å². The lowest BCUT2D eigenvalue weighted by atomic mass is 9.89. The third-order valence-corrected chi connectivity index (χ3v) is 5.92. The van der Waals surface area contributed by atoms with Gasteiger partial charge in [-0.25, -0.2) is 17.6 Å². The molecular formula is C13H14FN3O4S. The van der Waals surface area contributed by atoms with E-state index in [1.807, 2.05) is 0 Å². The van der Waals surface area contributed by atoms with Crippen LogP contribution in [0.4, 0.5) is 9.18 Å². The number of carbonyl (C=O) groups excluding carboxylic acids is 2. The van der Waals surface area contributed by atoms with Crippen LogP contribution in [0.3, 0.4) is 0 Å². The first-order valence-electron chi connectivity index (χ1n) is 6.73. The Balaban J connectivity index is 1.79. The summed E-state index contributed by atoms with van der Waals surface area (Å²) in [6.45, 7) is 0.152. The topological polar surface area (TPSA) is 95.6 Å². The molecule has 0 atom stereocenters. The summed E-state index contributed by atoms with van der Waals surface area (Å²) >= 11 is 0. The molecule has 2 N–H and O–H groups in total. The molecule has 22 heavy (non-hydrogen) atoms. The second kappa shape index (κ2) is 5.03. The van der Waals surface area contributed by atoms with Gasteiger partial charge in [-0.1, -0.05) is 6.07 Å². The predicted octanol–water partition coefficient (Wildman–Crippen LogP) is 0.188. The maximum atomic E-state index is 13.2. The molecule has 7 nitrogen and oxygen atoms in total. The Morgan fingerprint density at radius 1 is 1.18 bits per heavy atom. The van der Waals surface area contributed by atoms with E-state index in [0.717, 1.165) is 6.07 Å². The molecule has 118 valence electrons. The van der Waals surface area contributed by atoms with Crippen molar-refractivity contribution in [2.75, 3.05) is 13.1 Å². The van der Waals surface area contributed by atoms with E-state index < -0.39 is 33.3 Å². The number of rotatable bonds is 2. The number of nitrogens with one attached hydrogen (secondary N) is 2. The predicted molar refractivity (Wildman–Crippen MR) is 73.8 cm³/mol. The maximum absolute atomic E-state index is 13.2. The molecule has 2 aliphatic heterocycles. The summed E-state index contributed by atoms with van der Waals surface area (Å²) in [5, 5.41) is 4.72. The number of urea groups is 1. The molecule has 1 aromatic rings. The van der Waals surface area contributed by atoms with Crippen molar-refractivity contribution in [2.24, 2.45) is 0 Å². The summed E-state index contributed by atoms with van der Waals surface area (Å²) in [7, 11) is -3.81. The van der Waals surface area contributed by atoms with Gasteiger partial charge in [-0.2, -0.15) is 4.31 Å². The first-order chi connectivity index (χ1) is 10.3. The highest BCUT2D eigenvalue weighted by atomic mass is 32.2. The van der Waals surface area contributed by atoms with E-state index >= 15 is 0 Å². The Labute approximate surface area is 126 Å². The SMILES string of the molecule is O=C1NC(=O)C2(CCN(S(=O)(=O)c3cccc(F)c3)CC2)N1. The zero-order valence-corrected chi connectivity index (χ0v) is 12.3. The lowest BCUT2D eigenvalue weighted by molar-refractivity contribution is -0.125. The zero-order chi connectivity index (χ0) is 16.0. The average molecular weight is 327 g/mol. The molecule has 2 fully saturated rings. The van der Waals surface area contributed by atoms with E-state index in [0.29, 0.717) is 0 Å². The average Bonchev–Trinajstić information content (AvgIpc) is 2.73. The summed E-state index contributed by atoms with van der Waals surface area (Å²) in [6.07, 6.45) is 0.359. The minimum absolute atomic E-state index is 0.0759. The number of sulfonamides is 1. The first kappa shape index (κ1) is 14.9. The molecule has 1 aromatic carbocycles. The highest BCUT2D eigenvalue weighted by molar-refractivity contribution is 7.89. The van der Waals surface area contributed by atoms with E-state index in [2.05, 4.69) is 10.6 Å². The van der Waals surface area contributed by atoms with Gasteiger partial charge in [-0.05, 0) is 31.0 Å². The third-order valence-electron chi connectivity index (χ3n) is 4.02. The monoisotopic (exact) mass is 327 g/mol. The van der Waals surface area contributed by atoms with Crippen LogP contribution in [-0.2, 0) is 14.8 Å². The van der Waals surface area contributed by atoms with Crippen molar-refractivity contribution in [1.29, 1.82) is 0 Å². The fourth-order valence-electron chi connectivity index (χ4n) is 2.76. The van der Waals surface area contributed by atoms with Crippen molar-refractivity contribution in [3.63, 3.8) is 0 Å². The van der Waals surface area contributed by atoms with Crippen LogP contribution in [0.25, 0.3) is 0 Å². The van der Waals surface area contributed by atoms with Crippen LogP contribution < -0.4 is 10.6 Å². The van der Waals surface area contributed by atoms with Crippen LogP contribution in [0.2, 0.25) is 0 Å². The lowest BCUT2D eigenvalue weighted by Crippen LogP contribution is -2.55. The lowest BCUT2D eigenvalue weighted by Gasteiger charge is -2.36. The first-order valence-corrected chi connectivity index (χ1v) is 8.17. The van der Waals surface area contributed by atoms with Crippen LogP contribution in [0.15, 0.2) is 29.2 Å². The third kappa shape index (κ3) is 2.35. The van der Waals surface area contributed by atoms with Gasteiger partial charge in [0.2, 0.25) is 10.0 Å². The zero-order valence-electron chi connectivity index (χ0n) is 11.5. The minimum atomic E-state index is -3.81. The molecule has 9 heteroatoms. The second-order valence-corrected chi connectivity index (χ2v) is 7.29. The molecule has 0 radical (unpaired) electrons. The van der Waals surface area contributed by atoms with E-state index in [4.69, 9.17) is 0 Å². The van der Waals surface area contributed by atoms with Crippen LogP contribution in [0, 0.1) is 5.82 Å². The van der Waals surface area contributed by atoms with Gasteiger partial charge in [0.1, 0.15) is 11.4 Å². The van der Waals surface area contributed by atoms with E-state index in [1.54, 1.807) is 0 Å². The normalized spacial score (nSPS) is 21.7. The van der Waals surface area contributed by atoms with Gasteiger partial charge >= 0.3 is 6.03 Å². The second-order valence-electron chi connectivity index (χ2n) is 5.35. The Hall–Kier alpha value is -2.00. The smallest absolute Gasteiger partial charge is 0.322 e. The number of hydrogen-bond donors (Lipinski definition) is 2. The summed E-state index contributed by atoms with van der Waals surface area (Å²) in [5.74, 6) is -1.06. The Kier molecular flexibility index (Phi) is 3.41. The van der Waals surface area contributed by atoms with Gasteiger partial charge in [-0.15, -0.1) is 0 Å². The molecule has 1 spiro atoms. The van der Waals surface area contributed by atoms with Crippen molar-refractivity contribution in [2.45, 2.75) is 23.3 Å². The van der Waals surface area contributed by atoms with Crippen LogP contribution >= 0.6 is 0 Å². The molecular weight excluding hydrogens is 313 g/mol. The van der Waals surface area contributed by atoms with E-state index in [1.165, 1.54) is 22.5 Å². The quantitative estimate of drug-likeness (QED) is 0.758. The van der Waals surface area contributed by atoms with Crippen LogP contribution in [-0.4, -0.2) is 43.3 Å². The fourth-order valence-corrected chi connectivity index (χ4v) is 4.24. The molecule has 0 unspecified atom stereocenters. The van der Waals surface area contributed by atoms with E-state index in [-0.39, 0.29) is 30.8 Å².